The van der Waals surface area contributed by atoms with Crippen molar-refractivity contribution in [3.8, 4) is 6.07 Å². The van der Waals surface area contributed by atoms with E-state index in [1.165, 1.54) is 22.8 Å². The lowest BCUT2D eigenvalue weighted by Gasteiger charge is -2.32. The van der Waals surface area contributed by atoms with Crippen LogP contribution in [0, 0.1) is 17.2 Å². The van der Waals surface area contributed by atoms with E-state index in [-0.39, 0.29) is 16.4 Å². The van der Waals surface area contributed by atoms with Crippen molar-refractivity contribution < 1.29 is 8.42 Å². The molecule has 1 aromatic heterocycles. The van der Waals surface area contributed by atoms with Gasteiger partial charge in [0.25, 0.3) is 0 Å². The predicted molar refractivity (Wildman–Crippen MR) is 82.7 cm³/mol. The van der Waals surface area contributed by atoms with Crippen LogP contribution in [0.25, 0.3) is 0 Å². The minimum Gasteiger partial charge on any atom is -0.253 e. The topological polar surface area (TPSA) is 91.9 Å². The summed E-state index contributed by atoms with van der Waals surface area (Å²) in [5.41, 5.74) is 0.186. The average molecular weight is 331 g/mol. The number of nitrogens with zero attached hydrogens (tertiary/aromatic N) is 5. The molecule has 1 aliphatic heterocycles. The van der Waals surface area contributed by atoms with E-state index in [1.807, 2.05) is 6.07 Å². The van der Waals surface area contributed by atoms with Crippen molar-refractivity contribution in [2.24, 2.45) is 5.92 Å². The van der Waals surface area contributed by atoms with Gasteiger partial charge in [-0.05, 0) is 30.9 Å². The number of hydrogen-bond donors (Lipinski definition) is 0. The molecular weight excluding hydrogens is 314 g/mol. The van der Waals surface area contributed by atoms with Crippen molar-refractivity contribution >= 4 is 10.0 Å². The van der Waals surface area contributed by atoms with Gasteiger partial charge in [-0.1, -0.05) is 12.1 Å². The summed E-state index contributed by atoms with van der Waals surface area (Å²) < 4.78 is 28.9. The molecule has 1 aliphatic rings. The molecule has 0 saturated carbocycles. The van der Waals surface area contributed by atoms with Gasteiger partial charge in [-0.3, -0.25) is 4.68 Å². The van der Waals surface area contributed by atoms with Crippen LogP contribution in [-0.2, 0) is 16.6 Å². The van der Waals surface area contributed by atoms with Gasteiger partial charge in [0.05, 0.1) is 10.5 Å². The fourth-order valence-corrected chi connectivity index (χ4v) is 4.61. The van der Waals surface area contributed by atoms with E-state index in [9.17, 15) is 8.42 Å². The second kappa shape index (κ2) is 6.48. The van der Waals surface area contributed by atoms with Crippen LogP contribution >= 0.6 is 0 Å². The maximum atomic E-state index is 12.9. The number of nitriles is 1. The zero-order chi connectivity index (χ0) is 16.3. The highest BCUT2D eigenvalue weighted by molar-refractivity contribution is 7.89. The van der Waals surface area contributed by atoms with Gasteiger partial charge >= 0.3 is 0 Å². The van der Waals surface area contributed by atoms with E-state index < -0.39 is 10.0 Å². The first-order valence-electron chi connectivity index (χ1n) is 7.43. The van der Waals surface area contributed by atoms with Crippen molar-refractivity contribution in [3.63, 3.8) is 0 Å². The van der Waals surface area contributed by atoms with Crippen molar-refractivity contribution in [2.45, 2.75) is 24.3 Å². The molecule has 23 heavy (non-hydrogen) atoms. The average Bonchev–Trinajstić information content (AvgIpc) is 3.08. The largest absolute Gasteiger partial charge is 0.253 e. The summed E-state index contributed by atoms with van der Waals surface area (Å²) in [6.07, 6.45) is 4.86. The van der Waals surface area contributed by atoms with Gasteiger partial charge in [0.15, 0.2) is 0 Å². The van der Waals surface area contributed by atoms with Crippen molar-refractivity contribution in [1.29, 1.82) is 5.26 Å². The maximum Gasteiger partial charge on any atom is 0.244 e. The molecule has 1 fully saturated rings. The van der Waals surface area contributed by atoms with E-state index in [2.05, 4.69) is 10.1 Å². The molecule has 0 aliphatic carbocycles. The van der Waals surface area contributed by atoms with Crippen LogP contribution in [-0.4, -0.2) is 40.6 Å². The van der Waals surface area contributed by atoms with E-state index >= 15 is 0 Å². The molecule has 1 unspecified atom stereocenters. The Bertz CT molecular complexity index is 811. The number of aromatic nitrogens is 3. The Kier molecular flexibility index (Phi) is 4.41. The van der Waals surface area contributed by atoms with Crippen LogP contribution in [0.3, 0.4) is 0 Å². The first kappa shape index (κ1) is 15.6. The van der Waals surface area contributed by atoms with Crippen LogP contribution in [0.1, 0.15) is 18.4 Å². The summed E-state index contributed by atoms with van der Waals surface area (Å²) in [5, 5.41) is 13.2. The summed E-state index contributed by atoms with van der Waals surface area (Å²) >= 11 is 0. The third kappa shape index (κ3) is 3.25. The van der Waals surface area contributed by atoms with Crippen LogP contribution in [0.2, 0.25) is 0 Å². The fraction of sp³-hybridized carbons (Fsp3) is 0.400. The number of sulfonamides is 1. The van der Waals surface area contributed by atoms with Gasteiger partial charge in [-0.15, -0.1) is 0 Å². The summed E-state index contributed by atoms with van der Waals surface area (Å²) in [6, 6.07) is 8.30. The molecule has 0 radical (unpaired) electrons. The lowest BCUT2D eigenvalue weighted by atomic mass is 10.00. The van der Waals surface area contributed by atoms with Crippen LogP contribution in [0.4, 0.5) is 0 Å². The highest BCUT2D eigenvalue weighted by Crippen LogP contribution is 2.26. The van der Waals surface area contributed by atoms with Gasteiger partial charge in [-0.25, -0.2) is 13.4 Å². The van der Waals surface area contributed by atoms with Crippen molar-refractivity contribution in [1.82, 2.24) is 19.1 Å². The molecule has 1 atom stereocenters. The molecule has 1 saturated heterocycles. The summed E-state index contributed by atoms with van der Waals surface area (Å²) in [5.74, 6) is 0.189. The molecule has 0 amide bonds. The summed E-state index contributed by atoms with van der Waals surface area (Å²) in [6.45, 7) is 1.56. The molecule has 120 valence electrons. The number of benzene rings is 1. The van der Waals surface area contributed by atoms with E-state index in [4.69, 9.17) is 5.26 Å². The van der Waals surface area contributed by atoms with Gasteiger partial charge in [0.2, 0.25) is 10.0 Å². The summed E-state index contributed by atoms with van der Waals surface area (Å²) in [7, 11) is -3.65. The SMILES string of the molecule is N#Cc1ccccc1S(=O)(=O)N1CCCC(Cn2cncn2)C1. The summed E-state index contributed by atoms with van der Waals surface area (Å²) in [4.78, 5) is 4.00. The Hall–Kier alpha value is -2.24. The van der Waals surface area contributed by atoms with Crippen LogP contribution < -0.4 is 0 Å². The molecule has 0 spiro atoms. The molecule has 7 nitrogen and oxygen atoms in total. The lowest BCUT2D eigenvalue weighted by Crippen LogP contribution is -2.41. The Morgan fingerprint density at radius 2 is 2.17 bits per heavy atom. The van der Waals surface area contributed by atoms with Crippen LogP contribution in [0.5, 0.6) is 0 Å². The van der Waals surface area contributed by atoms with Gasteiger partial charge < -0.3 is 0 Å². The van der Waals surface area contributed by atoms with Gasteiger partial charge in [-0.2, -0.15) is 14.7 Å². The molecule has 1 aromatic carbocycles. The smallest absolute Gasteiger partial charge is 0.244 e. The molecule has 2 heterocycles. The molecule has 2 aromatic rings. The minimum atomic E-state index is -3.65. The quantitative estimate of drug-likeness (QED) is 0.841. The zero-order valence-corrected chi connectivity index (χ0v) is 13.4. The van der Waals surface area contributed by atoms with E-state index in [0.29, 0.717) is 19.6 Å². The maximum absolute atomic E-state index is 12.9. The Morgan fingerprint density at radius 1 is 1.35 bits per heavy atom. The first-order chi connectivity index (χ1) is 11.1. The van der Waals surface area contributed by atoms with Crippen molar-refractivity contribution in [2.75, 3.05) is 13.1 Å². The molecule has 8 heteroatoms. The Morgan fingerprint density at radius 3 is 2.91 bits per heavy atom. The standard InChI is InChI=1S/C15H17N5O2S/c16-8-14-5-1-2-6-15(14)23(21,22)20-7-3-4-13(10-20)9-19-12-17-11-18-19/h1-2,5-6,11-13H,3-4,7,9-10H2. The Labute approximate surface area is 135 Å². The predicted octanol–water partition coefficient (Wildman–Crippen LogP) is 1.25. The highest BCUT2D eigenvalue weighted by atomic mass is 32.2. The van der Waals surface area contributed by atoms with Crippen molar-refractivity contribution in [3.05, 3.63) is 42.5 Å². The number of piperidine rings is 1. The second-order valence-electron chi connectivity index (χ2n) is 5.60. The number of hydrogen-bond acceptors (Lipinski definition) is 5. The normalized spacial score (nSPS) is 19.3. The first-order valence-corrected chi connectivity index (χ1v) is 8.87. The van der Waals surface area contributed by atoms with Crippen LogP contribution in [0.15, 0.2) is 41.8 Å². The molecule has 3 rings (SSSR count). The number of rotatable bonds is 4. The lowest BCUT2D eigenvalue weighted by molar-refractivity contribution is 0.239. The molecular formula is C15H17N5O2S. The zero-order valence-electron chi connectivity index (χ0n) is 12.5. The fourth-order valence-electron chi connectivity index (χ4n) is 2.91. The third-order valence-corrected chi connectivity index (χ3v) is 5.94. The minimum absolute atomic E-state index is 0.0869. The molecule has 0 bridgehead atoms. The van der Waals surface area contributed by atoms with E-state index in [0.717, 1.165) is 12.8 Å². The second-order valence-corrected chi connectivity index (χ2v) is 7.50. The van der Waals surface area contributed by atoms with Gasteiger partial charge in [0, 0.05) is 19.6 Å². The highest BCUT2D eigenvalue weighted by Gasteiger charge is 2.31. The third-order valence-electron chi connectivity index (χ3n) is 4.02. The Balaban J connectivity index is 1.81. The van der Waals surface area contributed by atoms with E-state index in [1.54, 1.807) is 23.1 Å². The van der Waals surface area contributed by atoms with Gasteiger partial charge in [0.1, 0.15) is 18.7 Å². The molecule has 0 N–H and O–H groups in total. The monoisotopic (exact) mass is 331 g/mol.